The molecular weight excluding hydrogens is 406 g/mol. The van der Waals surface area contributed by atoms with Gasteiger partial charge in [0.05, 0.1) is 21.3 Å². The second-order valence-electron chi connectivity index (χ2n) is 7.19. The summed E-state index contributed by atoms with van der Waals surface area (Å²) >= 11 is 0. The largest absolute Gasteiger partial charge is 0.497 e. The summed E-state index contributed by atoms with van der Waals surface area (Å²) in [5.74, 6) is -2.93. The maximum absolute atomic E-state index is 12.9. The van der Waals surface area contributed by atoms with E-state index >= 15 is 0 Å². The lowest BCUT2D eigenvalue weighted by atomic mass is 9.77. The molecule has 1 aliphatic rings. The number of benzene rings is 2. The van der Waals surface area contributed by atoms with Crippen molar-refractivity contribution in [2.45, 2.75) is 30.6 Å². The first-order chi connectivity index (χ1) is 14.8. The van der Waals surface area contributed by atoms with Crippen molar-refractivity contribution >= 4 is 11.9 Å². The van der Waals surface area contributed by atoms with Gasteiger partial charge in [0, 0.05) is 4.92 Å². The van der Waals surface area contributed by atoms with Crippen LogP contribution in [0.25, 0.3) is 0 Å². The van der Waals surface area contributed by atoms with Crippen LogP contribution in [0.15, 0.2) is 48.5 Å². The number of carbonyl (C=O) groups is 2. The molecular formula is C22H23NO8. The number of methoxy groups -OCH3 is 3. The standard InChI is InChI=1S/C22H23NO8/c1-13-5-7-15(8-6-13)19-18(23(26)27)17(14-9-11-16(28-2)12-10-14)22(31-19,20(24)29-3)21(25)30-4/h5-12,17-19H,1-4H3/t17-,18-,19-/m1/s1. The Kier molecular flexibility index (Phi) is 6.26. The average Bonchev–Trinajstić information content (AvgIpc) is 3.16. The number of nitrogens with zero attached hydrogens (tertiary/aromatic N) is 1. The normalized spacial score (nSPS) is 21.9. The highest BCUT2D eigenvalue weighted by Gasteiger charge is 2.71. The summed E-state index contributed by atoms with van der Waals surface area (Å²) < 4.78 is 20.9. The minimum absolute atomic E-state index is 0.341. The number of carbonyl (C=O) groups excluding carboxylic acids is 2. The molecule has 1 fully saturated rings. The number of hydrogen-bond donors (Lipinski definition) is 0. The molecule has 1 aliphatic heterocycles. The number of esters is 2. The van der Waals surface area contributed by atoms with Crippen molar-refractivity contribution in [3.8, 4) is 5.75 Å². The second-order valence-corrected chi connectivity index (χ2v) is 7.19. The van der Waals surface area contributed by atoms with Crippen LogP contribution in [0.1, 0.15) is 28.7 Å². The van der Waals surface area contributed by atoms with Gasteiger partial charge in [-0.1, -0.05) is 42.0 Å². The lowest BCUT2D eigenvalue weighted by Gasteiger charge is -2.28. The smallest absolute Gasteiger partial charge is 0.351 e. The van der Waals surface area contributed by atoms with E-state index in [1.807, 2.05) is 6.92 Å². The van der Waals surface area contributed by atoms with E-state index in [1.165, 1.54) is 7.11 Å². The molecule has 0 aromatic heterocycles. The fourth-order valence-electron chi connectivity index (χ4n) is 3.99. The highest BCUT2D eigenvalue weighted by Crippen LogP contribution is 2.52. The fourth-order valence-corrected chi connectivity index (χ4v) is 3.99. The van der Waals surface area contributed by atoms with E-state index in [2.05, 4.69) is 0 Å². The van der Waals surface area contributed by atoms with Gasteiger partial charge in [0.15, 0.2) is 6.10 Å². The monoisotopic (exact) mass is 429 g/mol. The Morgan fingerprint density at radius 3 is 1.90 bits per heavy atom. The third-order valence-electron chi connectivity index (χ3n) is 5.50. The Morgan fingerprint density at radius 2 is 1.45 bits per heavy atom. The molecule has 0 amide bonds. The lowest BCUT2D eigenvalue weighted by molar-refractivity contribution is -0.531. The first-order valence-corrected chi connectivity index (χ1v) is 9.48. The van der Waals surface area contributed by atoms with Crippen molar-refractivity contribution in [1.29, 1.82) is 0 Å². The lowest BCUT2D eigenvalue weighted by Crippen LogP contribution is -2.53. The van der Waals surface area contributed by atoms with Crippen LogP contribution in [0.2, 0.25) is 0 Å². The number of rotatable bonds is 6. The van der Waals surface area contributed by atoms with Crippen molar-refractivity contribution < 1.29 is 33.5 Å². The molecule has 0 bridgehead atoms. The molecule has 164 valence electrons. The number of ether oxygens (including phenoxy) is 4. The van der Waals surface area contributed by atoms with E-state index in [0.29, 0.717) is 16.9 Å². The second kappa shape index (κ2) is 8.73. The highest BCUT2D eigenvalue weighted by molar-refractivity contribution is 6.05. The maximum atomic E-state index is 12.9. The maximum Gasteiger partial charge on any atom is 0.351 e. The quantitative estimate of drug-likeness (QED) is 0.298. The van der Waals surface area contributed by atoms with Crippen LogP contribution >= 0.6 is 0 Å². The van der Waals surface area contributed by atoms with Gasteiger partial charge < -0.3 is 18.9 Å². The van der Waals surface area contributed by atoms with Gasteiger partial charge >= 0.3 is 11.9 Å². The molecule has 0 saturated carbocycles. The van der Waals surface area contributed by atoms with Gasteiger partial charge in [-0.15, -0.1) is 0 Å². The molecule has 2 aromatic carbocycles. The van der Waals surface area contributed by atoms with Crippen molar-refractivity contribution in [3.05, 3.63) is 75.3 Å². The van der Waals surface area contributed by atoms with E-state index in [1.54, 1.807) is 48.5 Å². The van der Waals surface area contributed by atoms with Gasteiger partial charge in [0.25, 0.3) is 11.6 Å². The molecule has 0 unspecified atom stereocenters. The molecule has 3 rings (SSSR count). The molecule has 0 N–H and O–H groups in total. The van der Waals surface area contributed by atoms with E-state index in [0.717, 1.165) is 19.8 Å². The van der Waals surface area contributed by atoms with E-state index in [-0.39, 0.29) is 0 Å². The fraction of sp³-hybridized carbons (Fsp3) is 0.364. The number of nitro groups is 1. The minimum atomic E-state index is -2.36. The van der Waals surface area contributed by atoms with Crippen molar-refractivity contribution in [1.82, 2.24) is 0 Å². The summed E-state index contributed by atoms with van der Waals surface area (Å²) in [6, 6.07) is 11.7. The van der Waals surface area contributed by atoms with Gasteiger partial charge in [-0.05, 0) is 30.2 Å². The van der Waals surface area contributed by atoms with Gasteiger partial charge in [-0.2, -0.15) is 0 Å². The zero-order valence-corrected chi connectivity index (χ0v) is 17.6. The van der Waals surface area contributed by atoms with E-state index in [9.17, 15) is 19.7 Å². The molecule has 0 spiro atoms. The summed E-state index contributed by atoms with van der Waals surface area (Å²) in [7, 11) is 3.65. The molecule has 1 heterocycles. The van der Waals surface area contributed by atoms with Crippen LogP contribution in [0.4, 0.5) is 0 Å². The Hall–Kier alpha value is -3.46. The SMILES string of the molecule is COC(=O)C1(C(=O)OC)O[C@H](c2ccc(C)cc2)[C@H]([N+](=O)[O-])[C@H]1c1ccc(OC)cc1. The van der Waals surface area contributed by atoms with Crippen LogP contribution in [0.5, 0.6) is 5.75 Å². The molecule has 31 heavy (non-hydrogen) atoms. The zero-order chi connectivity index (χ0) is 22.8. The van der Waals surface area contributed by atoms with Gasteiger partial charge in [-0.3, -0.25) is 10.1 Å². The van der Waals surface area contributed by atoms with Crippen LogP contribution in [0.3, 0.4) is 0 Å². The van der Waals surface area contributed by atoms with Crippen LogP contribution in [-0.4, -0.2) is 49.8 Å². The molecule has 2 aromatic rings. The summed E-state index contributed by atoms with van der Waals surface area (Å²) in [5, 5.41) is 12.3. The van der Waals surface area contributed by atoms with Crippen molar-refractivity contribution in [2.75, 3.05) is 21.3 Å². The Bertz CT molecular complexity index is 954. The number of aryl methyl sites for hydroxylation is 1. The Morgan fingerprint density at radius 1 is 0.935 bits per heavy atom. The van der Waals surface area contributed by atoms with Crippen LogP contribution in [-0.2, 0) is 23.8 Å². The topological polar surface area (TPSA) is 114 Å². The van der Waals surface area contributed by atoms with E-state index in [4.69, 9.17) is 18.9 Å². The summed E-state index contributed by atoms with van der Waals surface area (Å²) in [5.41, 5.74) is -0.613. The molecule has 1 saturated heterocycles. The third kappa shape index (κ3) is 3.72. The van der Waals surface area contributed by atoms with E-state index < -0.39 is 40.5 Å². The predicted octanol–water partition coefficient (Wildman–Crippen LogP) is 2.59. The zero-order valence-electron chi connectivity index (χ0n) is 17.6. The summed E-state index contributed by atoms with van der Waals surface area (Å²) in [6.45, 7) is 1.87. The Balaban J connectivity index is 2.26. The highest BCUT2D eigenvalue weighted by atomic mass is 16.7. The molecule has 9 nitrogen and oxygen atoms in total. The van der Waals surface area contributed by atoms with Crippen LogP contribution in [0, 0.1) is 17.0 Å². The van der Waals surface area contributed by atoms with Gasteiger partial charge in [0.2, 0.25) is 0 Å². The molecule has 3 atom stereocenters. The first-order valence-electron chi connectivity index (χ1n) is 9.48. The predicted molar refractivity (Wildman–Crippen MR) is 108 cm³/mol. The van der Waals surface area contributed by atoms with Gasteiger partial charge in [-0.25, -0.2) is 9.59 Å². The summed E-state index contributed by atoms with van der Waals surface area (Å²) in [4.78, 5) is 37.6. The molecule has 9 heteroatoms. The van der Waals surface area contributed by atoms with Crippen molar-refractivity contribution in [3.63, 3.8) is 0 Å². The van der Waals surface area contributed by atoms with Crippen LogP contribution < -0.4 is 4.74 Å². The molecule has 0 radical (unpaired) electrons. The summed E-state index contributed by atoms with van der Waals surface area (Å²) in [6.07, 6.45) is -1.19. The van der Waals surface area contributed by atoms with Crippen molar-refractivity contribution in [2.24, 2.45) is 0 Å². The number of hydrogen-bond acceptors (Lipinski definition) is 8. The third-order valence-corrected chi connectivity index (χ3v) is 5.50. The molecule has 0 aliphatic carbocycles. The first kappa shape index (κ1) is 22.2. The Labute approximate surface area is 179 Å². The minimum Gasteiger partial charge on any atom is -0.497 e. The van der Waals surface area contributed by atoms with Gasteiger partial charge in [0.1, 0.15) is 11.7 Å². The average molecular weight is 429 g/mol.